The number of carbonyl (C=O) groups excluding carboxylic acids is 2. The van der Waals surface area contributed by atoms with Gasteiger partial charge in [0.25, 0.3) is 5.91 Å². The molecule has 3 rings (SSSR count). The highest BCUT2D eigenvalue weighted by Crippen LogP contribution is 2.29. The molecule has 0 aliphatic rings. The Morgan fingerprint density at radius 1 is 1.10 bits per heavy atom. The Hall–Kier alpha value is -2.46. The lowest BCUT2D eigenvalue weighted by Crippen LogP contribution is -2.13. The van der Waals surface area contributed by atoms with E-state index in [4.69, 9.17) is 11.6 Å². The van der Waals surface area contributed by atoms with Gasteiger partial charge in [0.15, 0.2) is 6.29 Å². The van der Waals surface area contributed by atoms with Crippen molar-refractivity contribution in [3.63, 3.8) is 0 Å². The summed E-state index contributed by atoms with van der Waals surface area (Å²) in [5, 5.41) is 0.543. The first-order valence-electron chi connectivity index (χ1n) is 6.18. The highest BCUT2D eigenvalue weighted by atomic mass is 35.5. The maximum absolute atomic E-state index is 13.8. The standard InChI is InChI=1S/C16H9ClFNO2/c17-15-12(9-20)10-5-2-4-8-14(10)19(15)16(21)11-6-1-3-7-13(11)18/h1-9H. The number of hydrogen-bond donors (Lipinski definition) is 0. The summed E-state index contributed by atoms with van der Waals surface area (Å²) in [6.07, 6.45) is 0.593. The first-order chi connectivity index (χ1) is 10.1. The SMILES string of the molecule is O=Cc1c(Cl)n(C(=O)c2ccccc2F)c2ccccc12. The van der Waals surface area contributed by atoms with E-state index >= 15 is 0 Å². The van der Waals surface area contributed by atoms with Crippen molar-refractivity contribution >= 4 is 34.7 Å². The van der Waals surface area contributed by atoms with Crippen LogP contribution in [-0.4, -0.2) is 16.8 Å². The Kier molecular flexibility index (Phi) is 3.31. The zero-order valence-corrected chi connectivity index (χ0v) is 11.5. The van der Waals surface area contributed by atoms with Crippen molar-refractivity contribution in [2.24, 2.45) is 0 Å². The molecule has 0 aliphatic carbocycles. The van der Waals surface area contributed by atoms with E-state index in [1.807, 2.05) is 0 Å². The van der Waals surface area contributed by atoms with Gasteiger partial charge in [-0.15, -0.1) is 0 Å². The second kappa shape index (κ2) is 5.14. The minimum Gasteiger partial charge on any atom is -0.298 e. The number of aldehydes is 1. The van der Waals surface area contributed by atoms with Crippen LogP contribution in [0.4, 0.5) is 4.39 Å². The molecular weight excluding hydrogens is 293 g/mol. The molecule has 104 valence electrons. The highest BCUT2D eigenvalue weighted by molar-refractivity contribution is 6.36. The quantitative estimate of drug-likeness (QED) is 0.673. The molecule has 0 saturated heterocycles. The van der Waals surface area contributed by atoms with Gasteiger partial charge in [-0.2, -0.15) is 0 Å². The van der Waals surface area contributed by atoms with Crippen LogP contribution >= 0.6 is 11.6 Å². The summed E-state index contributed by atoms with van der Waals surface area (Å²) >= 11 is 6.14. The number of para-hydroxylation sites is 1. The molecule has 3 aromatic rings. The average molecular weight is 302 g/mol. The molecule has 0 bridgehead atoms. The zero-order valence-electron chi connectivity index (χ0n) is 10.7. The van der Waals surface area contributed by atoms with Gasteiger partial charge in [0.1, 0.15) is 11.0 Å². The van der Waals surface area contributed by atoms with Crippen LogP contribution in [0.1, 0.15) is 20.7 Å². The van der Waals surface area contributed by atoms with Gasteiger partial charge in [0, 0.05) is 5.39 Å². The van der Waals surface area contributed by atoms with Crippen molar-refractivity contribution in [1.29, 1.82) is 0 Å². The van der Waals surface area contributed by atoms with Crippen LogP contribution in [0.25, 0.3) is 10.9 Å². The number of hydrogen-bond acceptors (Lipinski definition) is 2. The van der Waals surface area contributed by atoms with Gasteiger partial charge in [0.05, 0.1) is 16.6 Å². The molecule has 0 saturated carbocycles. The molecule has 2 aromatic carbocycles. The smallest absolute Gasteiger partial charge is 0.266 e. The van der Waals surface area contributed by atoms with Gasteiger partial charge in [-0.05, 0) is 18.2 Å². The zero-order chi connectivity index (χ0) is 15.0. The third kappa shape index (κ3) is 2.04. The molecule has 0 aliphatic heterocycles. The lowest BCUT2D eigenvalue weighted by molar-refractivity contribution is 0.0961. The summed E-state index contributed by atoms with van der Waals surface area (Å²) in [5.74, 6) is -1.24. The number of fused-ring (bicyclic) bond motifs is 1. The minimum absolute atomic E-state index is 0.0144. The first kappa shape index (κ1) is 13.5. The van der Waals surface area contributed by atoms with Gasteiger partial charge >= 0.3 is 0 Å². The lowest BCUT2D eigenvalue weighted by atomic mass is 10.2. The molecule has 5 heteroatoms. The van der Waals surface area contributed by atoms with Gasteiger partial charge < -0.3 is 0 Å². The third-order valence-electron chi connectivity index (χ3n) is 3.28. The fourth-order valence-corrected chi connectivity index (χ4v) is 2.61. The number of benzene rings is 2. The monoisotopic (exact) mass is 301 g/mol. The van der Waals surface area contributed by atoms with Crippen molar-refractivity contribution in [3.05, 3.63) is 70.6 Å². The molecule has 3 nitrogen and oxygen atoms in total. The van der Waals surface area contributed by atoms with Gasteiger partial charge in [0.2, 0.25) is 0 Å². The summed E-state index contributed by atoms with van der Waals surface area (Å²) in [7, 11) is 0. The van der Waals surface area contributed by atoms with Gasteiger partial charge in [-0.25, -0.2) is 4.39 Å². The molecule has 1 aromatic heterocycles. The summed E-state index contributed by atoms with van der Waals surface area (Å²) in [6.45, 7) is 0. The molecule has 0 amide bonds. The summed E-state index contributed by atoms with van der Waals surface area (Å²) < 4.78 is 15.0. The maximum Gasteiger partial charge on any atom is 0.266 e. The Morgan fingerprint density at radius 3 is 2.48 bits per heavy atom. The van der Waals surface area contributed by atoms with E-state index in [1.165, 1.54) is 18.2 Å². The van der Waals surface area contributed by atoms with E-state index in [0.29, 0.717) is 17.2 Å². The van der Waals surface area contributed by atoms with E-state index in [-0.39, 0.29) is 16.3 Å². The normalized spacial score (nSPS) is 10.8. The number of carbonyl (C=O) groups is 2. The number of nitrogens with zero attached hydrogens (tertiary/aromatic N) is 1. The molecule has 0 unspecified atom stereocenters. The van der Waals surface area contributed by atoms with Crippen LogP contribution in [0.3, 0.4) is 0 Å². The van der Waals surface area contributed by atoms with E-state index in [2.05, 4.69) is 0 Å². The van der Waals surface area contributed by atoms with Crippen molar-refractivity contribution < 1.29 is 14.0 Å². The maximum atomic E-state index is 13.8. The Morgan fingerprint density at radius 2 is 1.76 bits per heavy atom. The van der Waals surface area contributed by atoms with E-state index in [9.17, 15) is 14.0 Å². The van der Waals surface area contributed by atoms with Crippen LogP contribution in [0.2, 0.25) is 5.15 Å². The Labute approximate surface area is 124 Å². The molecule has 0 radical (unpaired) electrons. The second-order valence-electron chi connectivity index (χ2n) is 4.46. The Balaban J connectivity index is 2.31. The van der Waals surface area contributed by atoms with Crippen LogP contribution in [-0.2, 0) is 0 Å². The minimum atomic E-state index is -0.635. The number of aromatic nitrogens is 1. The van der Waals surface area contributed by atoms with Crippen LogP contribution in [0.15, 0.2) is 48.5 Å². The molecule has 0 spiro atoms. The van der Waals surface area contributed by atoms with Crippen LogP contribution < -0.4 is 0 Å². The molecule has 0 fully saturated rings. The molecule has 0 atom stereocenters. The topological polar surface area (TPSA) is 39.1 Å². The van der Waals surface area contributed by atoms with Crippen LogP contribution in [0, 0.1) is 5.82 Å². The van der Waals surface area contributed by atoms with Crippen molar-refractivity contribution in [2.45, 2.75) is 0 Å². The highest BCUT2D eigenvalue weighted by Gasteiger charge is 2.22. The molecular formula is C16H9ClFNO2. The molecule has 0 N–H and O–H groups in total. The average Bonchev–Trinajstić information content (AvgIpc) is 2.78. The molecule has 21 heavy (non-hydrogen) atoms. The van der Waals surface area contributed by atoms with Crippen molar-refractivity contribution in [3.8, 4) is 0 Å². The first-order valence-corrected chi connectivity index (χ1v) is 6.56. The predicted octanol–water partition coefficient (Wildman–Crippen LogP) is 3.93. The predicted molar refractivity (Wildman–Crippen MR) is 78.5 cm³/mol. The Bertz CT molecular complexity index is 870. The second-order valence-corrected chi connectivity index (χ2v) is 4.82. The fraction of sp³-hybridized carbons (Fsp3) is 0. The summed E-state index contributed by atoms with van der Waals surface area (Å²) in [5.41, 5.74) is 0.590. The van der Waals surface area contributed by atoms with Gasteiger partial charge in [-0.1, -0.05) is 41.9 Å². The van der Waals surface area contributed by atoms with Gasteiger partial charge in [-0.3, -0.25) is 14.2 Å². The number of halogens is 2. The lowest BCUT2D eigenvalue weighted by Gasteiger charge is -2.06. The van der Waals surface area contributed by atoms with Crippen molar-refractivity contribution in [1.82, 2.24) is 4.57 Å². The molecule has 1 heterocycles. The third-order valence-corrected chi connectivity index (χ3v) is 3.65. The fourth-order valence-electron chi connectivity index (χ4n) is 2.30. The number of rotatable bonds is 2. The van der Waals surface area contributed by atoms with E-state index in [0.717, 1.165) is 4.57 Å². The van der Waals surface area contributed by atoms with Crippen molar-refractivity contribution in [2.75, 3.05) is 0 Å². The van der Waals surface area contributed by atoms with Crippen LogP contribution in [0.5, 0.6) is 0 Å². The van der Waals surface area contributed by atoms with E-state index in [1.54, 1.807) is 30.3 Å². The summed E-state index contributed by atoms with van der Waals surface area (Å²) in [4.78, 5) is 23.8. The van der Waals surface area contributed by atoms with E-state index < -0.39 is 11.7 Å². The summed E-state index contributed by atoms with van der Waals surface area (Å²) in [6, 6.07) is 12.5. The largest absolute Gasteiger partial charge is 0.298 e.